The second-order valence-corrected chi connectivity index (χ2v) is 12.5. The van der Waals surface area contributed by atoms with Crippen LogP contribution in [0.25, 0.3) is 12.2 Å². The van der Waals surface area contributed by atoms with Gasteiger partial charge in [-0.2, -0.15) is 0 Å². The van der Waals surface area contributed by atoms with E-state index in [0.29, 0.717) is 0 Å². The van der Waals surface area contributed by atoms with Gasteiger partial charge in [0, 0.05) is 16.5 Å². The largest absolute Gasteiger partial charge is 0.252 e. The van der Waals surface area contributed by atoms with Crippen molar-refractivity contribution in [2.45, 2.75) is 156 Å². The summed E-state index contributed by atoms with van der Waals surface area (Å²) in [5, 5.41) is 0. The van der Waals surface area contributed by atoms with E-state index in [1.54, 1.807) is 0 Å². The fourth-order valence-corrected chi connectivity index (χ4v) is 5.47. The molecule has 2 aromatic rings. The molecule has 0 saturated heterocycles. The monoisotopic (exact) mass is 654 g/mol. The quantitative estimate of drug-likeness (QED) is 0.0578. The van der Waals surface area contributed by atoms with Crippen molar-refractivity contribution in [3.05, 3.63) is 71.8 Å². The average molecular weight is 656 g/mol. The first kappa shape index (κ1) is 40.8. The normalized spacial score (nSPS) is 12.4. The first-order valence-corrected chi connectivity index (χ1v) is 18.3. The molecule has 2 nitrogen and oxygen atoms in total. The molecule has 2 aromatic carbocycles. The maximum absolute atomic E-state index is 5.07. The van der Waals surface area contributed by atoms with Crippen LogP contribution < -0.4 is 0 Å². The van der Waals surface area contributed by atoms with Gasteiger partial charge < -0.3 is 0 Å². The Bertz CT molecular complexity index is 1090. The first-order chi connectivity index (χ1) is 21.7. The van der Waals surface area contributed by atoms with Gasteiger partial charge in [-0.3, -0.25) is 9.98 Å². The molecule has 0 saturated carbocycles. The fraction of sp³-hybridized carbons (Fsp3) is 0.571. The first-order valence-electron chi connectivity index (χ1n) is 18.3. The SMILES string of the molecule is CCCCCCCCCC=Cc1ccc(N=C(C)C(CCCCC)=Nc2ccc(C=CCCCCCCCCC)cc2)cc1.[Ni]. The molecule has 2 rings (SSSR count). The number of hydrogen-bond donors (Lipinski definition) is 0. The minimum atomic E-state index is 0. The molecule has 252 valence electrons. The molecular weight excluding hydrogens is 591 g/mol. The fourth-order valence-electron chi connectivity index (χ4n) is 5.47. The second kappa shape index (κ2) is 28.0. The van der Waals surface area contributed by atoms with Crippen LogP contribution in [0.15, 0.2) is 70.7 Å². The summed E-state index contributed by atoms with van der Waals surface area (Å²) in [5.41, 5.74) is 6.62. The van der Waals surface area contributed by atoms with Gasteiger partial charge in [-0.1, -0.05) is 159 Å². The molecule has 3 heteroatoms. The summed E-state index contributed by atoms with van der Waals surface area (Å²) in [6.45, 7) is 8.93. The third kappa shape index (κ3) is 20.5. The molecule has 0 radical (unpaired) electrons. The molecule has 0 N–H and O–H groups in total. The van der Waals surface area contributed by atoms with Crippen LogP contribution in [0.5, 0.6) is 0 Å². The predicted molar refractivity (Wildman–Crippen MR) is 200 cm³/mol. The van der Waals surface area contributed by atoms with Crippen molar-refractivity contribution in [2.24, 2.45) is 9.98 Å². The number of aliphatic imine (C=N–C) groups is 2. The van der Waals surface area contributed by atoms with Gasteiger partial charge in [-0.15, -0.1) is 0 Å². The van der Waals surface area contributed by atoms with Crippen molar-refractivity contribution < 1.29 is 16.5 Å². The van der Waals surface area contributed by atoms with Crippen molar-refractivity contribution in [3.63, 3.8) is 0 Å². The summed E-state index contributed by atoms with van der Waals surface area (Å²) < 4.78 is 0. The molecule has 0 amide bonds. The molecule has 0 aliphatic carbocycles. The molecule has 0 spiro atoms. The van der Waals surface area contributed by atoms with Gasteiger partial charge in [0.25, 0.3) is 0 Å². The topological polar surface area (TPSA) is 24.7 Å². The number of hydrogen-bond acceptors (Lipinski definition) is 2. The Morgan fingerprint density at radius 2 is 0.867 bits per heavy atom. The maximum Gasteiger partial charge on any atom is 0.0634 e. The van der Waals surface area contributed by atoms with E-state index in [4.69, 9.17) is 9.98 Å². The van der Waals surface area contributed by atoms with Crippen LogP contribution in [0.4, 0.5) is 11.4 Å². The summed E-state index contributed by atoms with van der Waals surface area (Å²) in [5.74, 6) is 0. The van der Waals surface area contributed by atoms with Gasteiger partial charge >= 0.3 is 0 Å². The molecule has 0 atom stereocenters. The summed E-state index contributed by atoms with van der Waals surface area (Å²) >= 11 is 0. The smallest absolute Gasteiger partial charge is 0.0634 e. The minimum Gasteiger partial charge on any atom is -0.252 e. The Labute approximate surface area is 288 Å². The van der Waals surface area contributed by atoms with Crippen LogP contribution in [0.1, 0.15) is 167 Å². The third-order valence-electron chi connectivity index (χ3n) is 8.35. The van der Waals surface area contributed by atoms with Crippen molar-refractivity contribution in [1.82, 2.24) is 0 Å². The van der Waals surface area contributed by atoms with Crippen molar-refractivity contribution >= 4 is 35.0 Å². The number of nitrogens with zero attached hydrogens (tertiary/aromatic N) is 2. The summed E-state index contributed by atoms with van der Waals surface area (Å²) in [4.78, 5) is 10.1. The standard InChI is InChI=1S/C42H64N2.Ni/c1-5-8-11-13-15-17-19-21-24-26-38-29-33-40(34-30-38)43-37(4)42(28-23-10-7-3)44-41-35-31-39(32-36-41)27-25-22-20-18-16-14-12-9-6-2;/h24-27,29-36H,5-23,28H2,1-4H3;. The van der Waals surface area contributed by atoms with E-state index in [2.05, 4.69) is 101 Å². The Balaban J connectivity index is 0.0000101. The zero-order valence-electron chi connectivity index (χ0n) is 29.3. The van der Waals surface area contributed by atoms with Gasteiger partial charge in [0.05, 0.1) is 22.8 Å². The van der Waals surface area contributed by atoms with Crippen LogP contribution >= 0.6 is 0 Å². The third-order valence-corrected chi connectivity index (χ3v) is 8.35. The van der Waals surface area contributed by atoms with E-state index in [1.165, 1.54) is 127 Å². The number of allylic oxidation sites excluding steroid dienone is 2. The van der Waals surface area contributed by atoms with Gasteiger partial charge in [0.1, 0.15) is 0 Å². The summed E-state index contributed by atoms with van der Waals surface area (Å²) in [7, 11) is 0. The molecule has 0 heterocycles. The van der Waals surface area contributed by atoms with Crippen LogP contribution in [0.3, 0.4) is 0 Å². The molecule has 0 bridgehead atoms. The Morgan fingerprint density at radius 1 is 0.489 bits per heavy atom. The van der Waals surface area contributed by atoms with Crippen molar-refractivity contribution in [1.29, 1.82) is 0 Å². The van der Waals surface area contributed by atoms with Gasteiger partial charge in [-0.05, 0) is 80.8 Å². The van der Waals surface area contributed by atoms with Gasteiger partial charge in [0.15, 0.2) is 0 Å². The zero-order chi connectivity index (χ0) is 31.5. The molecule has 0 unspecified atom stereocenters. The zero-order valence-corrected chi connectivity index (χ0v) is 30.3. The summed E-state index contributed by atoms with van der Waals surface area (Å²) in [6.07, 6.45) is 35.1. The van der Waals surface area contributed by atoms with E-state index in [9.17, 15) is 0 Å². The predicted octanol–water partition coefficient (Wildman–Crippen LogP) is 14.4. The van der Waals surface area contributed by atoms with Gasteiger partial charge in [0.2, 0.25) is 0 Å². The van der Waals surface area contributed by atoms with Crippen LogP contribution in [-0.4, -0.2) is 11.4 Å². The second-order valence-electron chi connectivity index (χ2n) is 12.5. The number of benzene rings is 2. The van der Waals surface area contributed by atoms with Crippen LogP contribution in [0.2, 0.25) is 0 Å². The number of unbranched alkanes of at least 4 members (excludes halogenated alkanes) is 16. The van der Waals surface area contributed by atoms with Gasteiger partial charge in [-0.25, -0.2) is 0 Å². The van der Waals surface area contributed by atoms with Crippen molar-refractivity contribution in [3.8, 4) is 0 Å². The molecule has 45 heavy (non-hydrogen) atoms. The van der Waals surface area contributed by atoms with E-state index in [-0.39, 0.29) is 16.5 Å². The summed E-state index contributed by atoms with van der Waals surface area (Å²) in [6, 6.07) is 17.3. The van der Waals surface area contributed by atoms with Crippen LogP contribution in [0, 0.1) is 0 Å². The maximum atomic E-state index is 5.07. The van der Waals surface area contributed by atoms with Crippen molar-refractivity contribution in [2.75, 3.05) is 0 Å². The Kier molecular flexibility index (Phi) is 25.4. The van der Waals surface area contributed by atoms with E-state index in [1.807, 2.05) is 0 Å². The Morgan fingerprint density at radius 3 is 1.31 bits per heavy atom. The van der Waals surface area contributed by atoms with E-state index >= 15 is 0 Å². The number of rotatable bonds is 25. The Hall–Kier alpha value is -2.25. The molecular formula is C42H64N2Ni. The molecule has 0 fully saturated rings. The van der Waals surface area contributed by atoms with E-state index < -0.39 is 0 Å². The minimum absolute atomic E-state index is 0. The van der Waals surface area contributed by atoms with Crippen LogP contribution in [-0.2, 0) is 16.5 Å². The van der Waals surface area contributed by atoms with E-state index in [0.717, 1.165) is 35.6 Å². The molecule has 0 aliphatic rings. The average Bonchev–Trinajstić information content (AvgIpc) is 3.04. The molecule has 0 aliphatic heterocycles. The molecule has 0 aromatic heterocycles.